The fourth-order valence-corrected chi connectivity index (χ4v) is 2.89. The van der Waals surface area contributed by atoms with Crippen LogP contribution in [0.4, 0.5) is 4.39 Å². The molecule has 2 nitrogen and oxygen atoms in total. The van der Waals surface area contributed by atoms with Gasteiger partial charge in [0.1, 0.15) is 5.82 Å². The van der Waals surface area contributed by atoms with Crippen molar-refractivity contribution in [2.24, 2.45) is 0 Å². The van der Waals surface area contributed by atoms with Crippen LogP contribution in [0.2, 0.25) is 0 Å². The quantitative estimate of drug-likeness (QED) is 0.872. The van der Waals surface area contributed by atoms with E-state index in [4.69, 9.17) is 5.11 Å². The molecule has 1 aromatic rings. The van der Waals surface area contributed by atoms with Gasteiger partial charge < -0.3 is 5.11 Å². The molecule has 92 valence electrons. The third-order valence-corrected chi connectivity index (χ3v) is 3.76. The first kappa shape index (κ1) is 12.1. The molecule has 1 N–H and O–H groups in total. The molecule has 0 heterocycles. The van der Waals surface area contributed by atoms with Gasteiger partial charge in [-0.1, -0.05) is 31.4 Å². The van der Waals surface area contributed by atoms with Gasteiger partial charge in [-0.05, 0) is 30.5 Å². The second-order valence-electron chi connectivity index (χ2n) is 4.92. The van der Waals surface area contributed by atoms with Crippen molar-refractivity contribution < 1.29 is 14.3 Å². The van der Waals surface area contributed by atoms with E-state index in [1.165, 1.54) is 18.6 Å². The zero-order chi connectivity index (χ0) is 12.3. The number of aliphatic carboxylic acids is 1. The smallest absolute Gasteiger partial charge is 0.304 e. The van der Waals surface area contributed by atoms with Crippen LogP contribution in [-0.2, 0) is 10.2 Å². The lowest BCUT2D eigenvalue weighted by Gasteiger charge is -2.36. The molecule has 0 atom stereocenters. The van der Waals surface area contributed by atoms with Gasteiger partial charge in [0.25, 0.3) is 0 Å². The molecule has 0 saturated heterocycles. The summed E-state index contributed by atoms with van der Waals surface area (Å²) in [4.78, 5) is 11.0. The van der Waals surface area contributed by atoms with E-state index < -0.39 is 5.97 Å². The second kappa shape index (κ2) is 4.86. The molecule has 0 aliphatic heterocycles. The number of carboxylic acids is 1. The molecule has 2 rings (SSSR count). The summed E-state index contributed by atoms with van der Waals surface area (Å²) in [5.74, 6) is -1.04. The highest BCUT2D eigenvalue weighted by molar-refractivity contribution is 5.69. The number of rotatable bonds is 3. The first-order valence-electron chi connectivity index (χ1n) is 6.10. The lowest BCUT2D eigenvalue weighted by atomic mass is 9.67. The van der Waals surface area contributed by atoms with Gasteiger partial charge in [-0.15, -0.1) is 0 Å². The Bertz CT molecular complexity index is 391. The van der Waals surface area contributed by atoms with Gasteiger partial charge in [0.2, 0.25) is 0 Å². The molecule has 17 heavy (non-hydrogen) atoms. The minimum atomic E-state index is -0.767. The Morgan fingerprint density at radius 2 is 1.76 bits per heavy atom. The largest absolute Gasteiger partial charge is 0.481 e. The van der Waals surface area contributed by atoms with Gasteiger partial charge in [0.05, 0.1) is 6.42 Å². The van der Waals surface area contributed by atoms with Crippen molar-refractivity contribution in [1.29, 1.82) is 0 Å². The van der Waals surface area contributed by atoms with Gasteiger partial charge in [-0.3, -0.25) is 4.79 Å². The Morgan fingerprint density at radius 1 is 1.18 bits per heavy atom. The van der Waals surface area contributed by atoms with E-state index in [1.54, 1.807) is 12.1 Å². The molecule has 1 aliphatic rings. The highest BCUT2D eigenvalue weighted by atomic mass is 19.1. The van der Waals surface area contributed by atoms with Crippen LogP contribution in [0.25, 0.3) is 0 Å². The molecule has 0 unspecified atom stereocenters. The summed E-state index contributed by atoms with van der Waals surface area (Å²) in [7, 11) is 0. The van der Waals surface area contributed by atoms with Crippen LogP contribution in [0.1, 0.15) is 44.1 Å². The monoisotopic (exact) mass is 236 g/mol. The summed E-state index contributed by atoms with van der Waals surface area (Å²) in [6.07, 6.45) is 5.23. The zero-order valence-corrected chi connectivity index (χ0v) is 9.79. The minimum absolute atomic E-state index is 0.151. The average Bonchev–Trinajstić information content (AvgIpc) is 2.30. The van der Waals surface area contributed by atoms with Gasteiger partial charge in [-0.25, -0.2) is 4.39 Å². The summed E-state index contributed by atoms with van der Waals surface area (Å²) in [5.41, 5.74) is 0.693. The van der Waals surface area contributed by atoms with E-state index in [1.807, 2.05) is 0 Å². The first-order chi connectivity index (χ1) is 8.12. The van der Waals surface area contributed by atoms with E-state index in [0.717, 1.165) is 31.2 Å². The molecule has 0 radical (unpaired) electrons. The third-order valence-electron chi connectivity index (χ3n) is 3.76. The van der Waals surface area contributed by atoms with Crippen LogP contribution in [0, 0.1) is 5.82 Å². The normalized spacial score (nSPS) is 18.9. The molecule has 0 aromatic heterocycles. The Balaban J connectivity index is 2.31. The number of halogens is 1. The fourth-order valence-electron chi connectivity index (χ4n) is 2.89. The summed E-state index contributed by atoms with van der Waals surface area (Å²) in [6, 6.07) is 6.33. The molecule has 3 heteroatoms. The van der Waals surface area contributed by atoms with Crippen LogP contribution in [0.15, 0.2) is 24.3 Å². The zero-order valence-electron chi connectivity index (χ0n) is 9.79. The highest BCUT2D eigenvalue weighted by Crippen LogP contribution is 2.42. The summed E-state index contributed by atoms with van der Waals surface area (Å²) in [5, 5.41) is 9.07. The van der Waals surface area contributed by atoms with Gasteiger partial charge in [0, 0.05) is 5.41 Å². The maximum Gasteiger partial charge on any atom is 0.304 e. The van der Waals surface area contributed by atoms with E-state index in [2.05, 4.69) is 0 Å². The topological polar surface area (TPSA) is 37.3 Å². The van der Waals surface area contributed by atoms with Crippen LogP contribution in [0.5, 0.6) is 0 Å². The number of carboxylic acid groups (broad SMARTS) is 1. The van der Waals surface area contributed by atoms with Crippen molar-refractivity contribution in [3.05, 3.63) is 35.6 Å². The van der Waals surface area contributed by atoms with Crippen LogP contribution < -0.4 is 0 Å². The number of carbonyl (C=O) groups is 1. The maximum atomic E-state index is 12.9. The van der Waals surface area contributed by atoms with E-state index in [-0.39, 0.29) is 17.7 Å². The van der Waals surface area contributed by atoms with Crippen molar-refractivity contribution in [3.63, 3.8) is 0 Å². The Hall–Kier alpha value is -1.38. The van der Waals surface area contributed by atoms with Crippen molar-refractivity contribution in [3.8, 4) is 0 Å². The van der Waals surface area contributed by atoms with E-state index in [0.29, 0.717) is 0 Å². The Labute approximate surface area is 100 Å². The molecule has 1 aromatic carbocycles. The third kappa shape index (κ3) is 2.65. The van der Waals surface area contributed by atoms with E-state index in [9.17, 15) is 9.18 Å². The first-order valence-corrected chi connectivity index (χ1v) is 6.10. The molecule has 1 saturated carbocycles. The van der Waals surface area contributed by atoms with Crippen molar-refractivity contribution in [1.82, 2.24) is 0 Å². The van der Waals surface area contributed by atoms with Crippen LogP contribution in [0.3, 0.4) is 0 Å². The SMILES string of the molecule is O=C(O)CC1(c2ccc(F)cc2)CCCCC1. The minimum Gasteiger partial charge on any atom is -0.481 e. The number of benzene rings is 1. The molecular formula is C14H17FO2. The number of hydrogen-bond acceptors (Lipinski definition) is 1. The van der Waals surface area contributed by atoms with Crippen molar-refractivity contribution in [2.45, 2.75) is 43.9 Å². The fraction of sp³-hybridized carbons (Fsp3) is 0.500. The molecular weight excluding hydrogens is 219 g/mol. The van der Waals surface area contributed by atoms with Crippen molar-refractivity contribution >= 4 is 5.97 Å². The van der Waals surface area contributed by atoms with Crippen LogP contribution >= 0.6 is 0 Å². The molecule has 0 bridgehead atoms. The Kier molecular flexibility index (Phi) is 3.46. The predicted octanol–water partition coefficient (Wildman–Crippen LogP) is 3.50. The predicted molar refractivity (Wildman–Crippen MR) is 63.4 cm³/mol. The summed E-state index contributed by atoms with van der Waals surface area (Å²) in [6.45, 7) is 0. The molecule has 0 spiro atoms. The standard InChI is InChI=1S/C14H17FO2/c15-12-6-4-11(5-7-12)14(10-13(16)17)8-2-1-3-9-14/h4-7H,1-3,8-10H2,(H,16,17). The number of hydrogen-bond donors (Lipinski definition) is 1. The highest BCUT2D eigenvalue weighted by Gasteiger charge is 2.35. The molecule has 1 aliphatic carbocycles. The van der Waals surface area contributed by atoms with Crippen molar-refractivity contribution in [2.75, 3.05) is 0 Å². The lowest BCUT2D eigenvalue weighted by Crippen LogP contribution is -2.31. The second-order valence-corrected chi connectivity index (χ2v) is 4.92. The van der Waals surface area contributed by atoms with Crippen LogP contribution in [-0.4, -0.2) is 11.1 Å². The van der Waals surface area contributed by atoms with Gasteiger partial charge in [-0.2, -0.15) is 0 Å². The van der Waals surface area contributed by atoms with Gasteiger partial charge in [0.15, 0.2) is 0 Å². The molecule has 1 fully saturated rings. The summed E-state index contributed by atoms with van der Waals surface area (Å²) < 4.78 is 12.9. The molecule has 0 amide bonds. The van der Waals surface area contributed by atoms with Gasteiger partial charge >= 0.3 is 5.97 Å². The average molecular weight is 236 g/mol. The Morgan fingerprint density at radius 3 is 2.29 bits per heavy atom. The lowest BCUT2D eigenvalue weighted by molar-refractivity contribution is -0.138. The summed E-state index contributed by atoms with van der Waals surface area (Å²) >= 11 is 0. The maximum absolute atomic E-state index is 12.9. The van der Waals surface area contributed by atoms with E-state index >= 15 is 0 Å².